The van der Waals surface area contributed by atoms with Crippen molar-refractivity contribution >= 4 is 33.9 Å². The molecule has 0 bridgehead atoms. The second-order valence-corrected chi connectivity index (χ2v) is 7.33. The van der Waals surface area contributed by atoms with Gasteiger partial charge in [-0.25, -0.2) is 4.79 Å². The van der Waals surface area contributed by atoms with Crippen molar-refractivity contribution in [3.8, 4) is 11.5 Å². The van der Waals surface area contributed by atoms with E-state index in [2.05, 4.69) is 9.97 Å². The summed E-state index contributed by atoms with van der Waals surface area (Å²) >= 11 is 0. The maximum absolute atomic E-state index is 12.9. The second-order valence-electron chi connectivity index (χ2n) is 7.33. The van der Waals surface area contributed by atoms with E-state index in [4.69, 9.17) is 41.6 Å². The number of aromatic nitrogens is 2. The highest BCUT2D eigenvalue weighted by atomic mass is 16.7. The van der Waals surface area contributed by atoms with E-state index < -0.39 is 105 Å². The minimum absolute atomic E-state index is 0.0631. The van der Waals surface area contributed by atoms with Crippen molar-refractivity contribution < 1.29 is 51.2 Å². The molecule has 0 aliphatic heterocycles. The van der Waals surface area contributed by atoms with Crippen LogP contribution >= 0.6 is 0 Å². The van der Waals surface area contributed by atoms with E-state index in [1.807, 2.05) is 0 Å². The van der Waals surface area contributed by atoms with Gasteiger partial charge in [0.2, 0.25) is 0 Å². The molecular formula is C28H34N4O5. The lowest BCUT2D eigenvalue weighted by Gasteiger charge is -2.11. The first kappa shape index (κ1) is 10.9. The first-order valence-corrected chi connectivity index (χ1v) is 10.6. The van der Waals surface area contributed by atoms with Crippen molar-refractivity contribution in [1.29, 1.82) is 0 Å². The van der Waals surface area contributed by atoms with Gasteiger partial charge < -0.3 is 34.0 Å². The van der Waals surface area contributed by atoms with Crippen LogP contribution in [0.5, 0.6) is 11.5 Å². The van der Waals surface area contributed by atoms with Crippen LogP contribution in [0.25, 0.3) is 21.8 Å². The molecule has 0 amide bonds. The molecule has 4 aromatic rings. The van der Waals surface area contributed by atoms with Crippen LogP contribution in [0.2, 0.25) is 0 Å². The largest absolute Gasteiger partial charge is 0.513 e. The number of carbonyl (C=O) groups excluding carboxylic acids is 2. The van der Waals surface area contributed by atoms with Crippen LogP contribution in [-0.4, -0.2) is 79.4 Å². The molecule has 37 heavy (non-hydrogen) atoms. The van der Waals surface area contributed by atoms with Gasteiger partial charge in [-0.15, -0.1) is 0 Å². The lowest BCUT2D eigenvalue weighted by Crippen LogP contribution is -2.17. The van der Waals surface area contributed by atoms with Crippen molar-refractivity contribution in [3.05, 3.63) is 59.9 Å². The molecule has 196 valence electrons. The van der Waals surface area contributed by atoms with E-state index >= 15 is 0 Å². The quantitative estimate of drug-likeness (QED) is 0.170. The van der Waals surface area contributed by atoms with Crippen LogP contribution in [0, 0.1) is 0 Å². The number of H-pyrrole nitrogens is 2. The van der Waals surface area contributed by atoms with Crippen LogP contribution in [0.3, 0.4) is 0 Å². The number of aryl methyl sites for hydroxylation is 2. The Morgan fingerprint density at radius 2 is 1.38 bits per heavy atom. The average Bonchev–Trinajstić information content (AvgIpc) is 3.64. The molecule has 0 atom stereocenters. The number of carbonyl (C=O) groups is 2. The third kappa shape index (κ3) is 6.69. The predicted molar refractivity (Wildman–Crippen MR) is 143 cm³/mol. The summed E-state index contributed by atoms with van der Waals surface area (Å²) in [5.74, 6) is -1.88. The highest BCUT2D eigenvalue weighted by Crippen LogP contribution is 2.31. The smallest absolute Gasteiger partial charge is 0.433 e. The molecule has 9 heteroatoms. The van der Waals surface area contributed by atoms with Gasteiger partial charge in [-0.05, 0) is 76.0 Å². The standard InChI is InChI=1S/C28H34N4O5/c1-31(2)14-11-19-17-29-21-7-5-9-23(26(19)21)36-25(33)13-16-35-28(34)37-24-10-6-8-22-27(24)20(18-30-22)12-15-32(3)4/h5-10,17-18,29-30H,11-16H2,1-4H3/i1D3,2D3,3D3,4D3,11D2,12D2,14D2,15D2. The van der Waals surface area contributed by atoms with E-state index in [0.717, 1.165) is 18.5 Å². The predicted octanol–water partition coefficient (Wildman–Crippen LogP) is 4.37. The fourth-order valence-corrected chi connectivity index (χ4v) is 3.41. The molecule has 0 fully saturated rings. The van der Waals surface area contributed by atoms with Crippen molar-refractivity contribution in [2.75, 3.05) is 47.5 Å². The lowest BCUT2D eigenvalue weighted by molar-refractivity contribution is -0.135. The van der Waals surface area contributed by atoms with Crippen LogP contribution in [0.1, 0.15) is 45.0 Å². The Bertz CT molecular complexity index is 1940. The molecule has 2 aromatic carbocycles. The number of nitrogens with zero attached hydrogens (tertiary/aromatic N) is 2. The summed E-state index contributed by atoms with van der Waals surface area (Å²) in [7, 11) is 0. The number of benzene rings is 2. The minimum Gasteiger partial charge on any atom is -0.433 e. The number of hydrogen-bond acceptors (Lipinski definition) is 7. The summed E-state index contributed by atoms with van der Waals surface area (Å²) in [4.78, 5) is 29.8. The van der Waals surface area contributed by atoms with E-state index in [-0.39, 0.29) is 27.6 Å². The molecule has 4 rings (SSSR count). The molecule has 2 N–H and O–H groups in total. The molecule has 0 saturated carbocycles. The summed E-state index contributed by atoms with van der Waals surface area (Å²) in [6.07, 6.45) is -6.97. The zero-order valence-electron chi connectivity index (χ0n) is 39.0. The van der Waals surface area contributed by atoms with Crippen LogP contribution in [0.4, 0.5) is 4.79 Å². The molecule has 0 radical (unpaired) electrons. The molecule has 2 aromatic heterocycles. The Kier molecular flexibility index (Phi) is 3.51. The van der Waals surface area contributed by atoms with Gasteiger partial charge in [0.15, 0.2) is 0 Å². The Morgan fingerprint density at radius 1 is 0.838 bits per heavy atom. The first-order valence-electron chi connectivity index (χ1n) is 20.6. The third-order valence-electron chi connectivity index (χ3n) is 4.88. The fourth-order valence-electron chi connectivity index (χ4n) is 3.41. The van der Waals surface area contributed by atoms with Gasteiger partial charge in [0, 0.05) is 74.6 Å². The number of nitrogens with one attached hydrogen (secondary N) is 2. The Hall–Kier alpha value is -3.82. The van der Waals surface area contributed by atoms with Gasteiger partial charge in [0.1, 0.15) is 18.1 Å². The Balaban J connectivity index is 1.53. The molecule has 9 nitrogen and oxygen atoms in total. The highest BCUT2D eigenvalue weighted by molar-refractivity contribution is 5.92. The average molecular weight is 527 g/mol. The maximum atomic E-state index is 12.9. The van der Waals surface area contributed by atoms with Crippen molar-refractivity contribution in [1.82, 2.24) is 19.8 Å². The van der Waals surface area contributed by atoms with Crippen LogP contribution in [-0.2, 0) is 22.3 Å². The van der Waals surface area contributed by atoms with Gasteiger partial charge in [-0.3, -0.25) is 4.79 Å². The zero-order chi connectivity index (χ0) is 43.5. The summed E-state index contributed by atoms with van der Waals surface area (Å²) in [5.41, 5.74) is -1.06. The lowest BCUT2D eigenvalue weighted by atomic mass is 10.1. The van der Waals surface area contributed by atoms with E-state index in [1.165, 1.54) is 30.3 Å². The molecular weight excluding hydrogens is 472 g/mol. The molecule has 0 spiro atoms. The van der Waals surface area contributed by atoms with Gasteiger partial charge in [0.05, 0.1) is 6.42 Å². The fraction of sp³-hybridized carbons (Fsp3) is 0.357. The summed E-state index contributed by atoms with van der Waals surface area (Å²) in [6, 6.07) is 7.81. The number of ether oxygens (including phenoxy) is 3. The summed E-state index contributed by atoms with van der Waals surface area (Å²) < 4.78 is 175. The molecule has 0 unspecified atom stereocenters. The number of fused-ring (bicyclic) bond motifs is 2. The van der Waals surface area contributed by atoms with Gasteiger partial charge in [0.25, 0.3) is 0 Å². The maximum Gasteiger partial charge on any atom is 0.513 e. The van der Waals surface area contributed by atoms with Gasteiger partial charge in [-0.1, -0.05) is 12.1 Å². The van der Waals surface area contributed by atoms with Crippen LogP contribution in [0.15, 0.2) is 48.8 Å². The number of hydrogen-bond donors (Lipinski definition) is 2. The molecule has 0 aliphatic carbocycles. The van der Waals surface area contributed by atoms with Crippen LogP contribution < -0.4 is 9.47 Å². The van der Waals surface area contributed by atoms with E-state index in [0.29, 0.717) is 0 Å². The molecule has 0 aliphatic rings. The van der Waals surface area contributed by atoms with Gasteiger partial charge in [-0.2, -0.15) is 0 Å². The number of aromatic amines is 2. The number of likely N-dealkylation sites (N-methyl/N-ethyl adjacent to an activating group) is 2. The SMILES string of the molecule is [2H]C([2H])([2H])N(C([2H])([2H])[2H])C([2H])([2H])C([2H])([2H])c1c[nH]c2cccc(OC(=O)CCOC(=O)Oc3cccc4[nH]cc(C([2H])([2H])C([2H])([2H])N(C([2H])([2H])[2H])C([2H])([2H])[2H])c34)c12. The summed E-state index contributed by atoms with van der Waals surface area (Å²) in [6.45, 7) is -22.6. The molecule has 2 heterocycles. The minimum atomic E-state index is -3.71. The normalized spacial score (nSPS) is 22.4. The summed E-state index contributed by atoms with van der Waals surface area (Å²) in [5, 5.41) is -0.518. The monoisotopic (exact) mass is 526 g/mol. The van der Waals surface area contributed by atoms with Crippen molar-refractivity contribution in [2.45, 2.75) is 19.2 Å². The Morgan fingerprint density at radius 3 is 1.92 bits per heavy atom. The Labute approximate surface area is 244 Å². The van der Waals surface area contributed by atoms with Gasteiger partial charge >= 0.3 is 12.1 Å². The van der Waals surface area contributed by atoms with E-state index in [1.54, 1.807) is 0 Å². The molecule has 0 saturated heterocycles. The van der Waals surface area contributed by atoms with Crippen molar-refractivity contribution in [2.24, 2.45) is 0 Å². The number of esters is 1. The first-order chi connectivity index (χ1) is 25.7. The third-order valence-corrected chi connectivity index (χ3v) is 4.88. The second kappa shape index (κ2) is 11.9. The van der Waals surface area contributed by atoms with Crippen molar-refractivity contribution in [3.63, 3.8) is 0 Å². The topological polar surface area (TPSA) is 99.9 Å². The zero-order valence-corrected chi connectivity index (χ0v) is 19.0. The number of rotatable bonds is 11. The van der Waals surface area contributed by atoms with E-state index in [9.17, 15) is 9.59 Å². The highest BCUT2D eigenvalue weighted by Gasteiger charge is 2.16.